The SMILES string of the molecule is CCCCC[N+](C)(C)CCCC.O=P(O)(O)O. The highest BCUT2D eigenvalue weighted by Crippen LogP contribution is 2.25. The van der Waals surface area contributed by atoms with E-state index in [0.29, 0.717) is 0 Å². The molecular formula is C11H29NO4P+. The van der Waals surface area contributed by atoms with E-state index in [1.807, 2.05) is 0 Å². The molecule has 0 radical (unpaired) electrons. The molecule has 0 rings (SSSR count). The maximum absolute atomic E-state index is 8.88. The fraction of sp³-hybridized carbons (Fsp3) is 1.00. The Morgan fingerprint density at radius 2 is 1.24 bits per heavy atom. The molecule has 0 aliphatic carbocycles. The first-order valence-electron chi connectivity index (χ1n) is 6.22. The molecule has 0 amide bonds. The van der Waals surface area contributed by atoms with Crippen LogP contribution in [-0.4, -0.2) is 46.3 Å². The second-order valence-electron chi connectivity index (χ2n) is 4.96. The Bertz CT molecular complexity index is 207. The number of quaternary nitrogens is 1. The van der Waals surface area contributed by atoms with Crippen molar-refractivity contribution in [1.29, 1.82) is 0 Å². The van der Waals surface area contributed by atoms with E-state index in [4.69, 9.17) is 19.2 Å². The van der Waals surface area contributed by atoms with Gasteiger partial charge >= 0.3 is 7.82 Å². The van der Waals surface area contributed by atoms with E-state index in [9.17, 15) is 0 Å². The van der Waals surface area contributed by atoms with Crippen LogP contribution >= 0.6 is 7.82 Å². The molecule has 5 nitrogen and oxygen atoms in total. The number of rotatable bonds is 7. The van der Waals surface area contributed by atoms with Gasteiger partial charge in [-0.15, -0.1) is 0 Å². The molecule has 0 aromatic rings. The van der Waals surface area contributed by atoms with E-state index in [1.54, 1.807) is 0 Å². The van der Waals surface area contributed by atoms with Gasteiger partial charge in [-0.3, -0.25) is 0 Å². The number of nitrogens with zero attached hydrogens (tertiary/aromatic N) is 1. The highest BCUT2D eigenvalue weighted by Gasteiger charge is 2.12. The van der Waals surface area contributed by atoms with Crippen molar-refractivity contribution in [3.8, 4) is 0 Å². The highest BCUT2D eigenvalue weighted by atomic mass is 31.2. The zero-order valence-corrected chi connectivity index (χ0v) is 12.5. The van der Waals surface area contributed by atoms with Crippen molar-refractivity contribution in [1.82, 2.24) is 0 Å². The second kappa shape index (κ2) is 10.0. The van der Waals surface area contributed by atoms with Crippen molar-refractivity contribution in [2.45, 2.75) is 46.0 Å². The maximum atomic E-state index is 8.88. The maximum Gasteiger partial charge on any atom is 0.466 e. The lowest BCUT2D eigenvalue weighted by atomic mass is 10.2. The first-order chi connectivity index (χ1) is 7.62. The standard InChI is InChI=1S/C11H26N.H3O4P/c1-5-7-9-11-12(3,4)10-8-6-2;1-5(2,3)4/h5-11H2,1-4H3;(H3,1,2,3,4)/q+1;. The van der Waals surface area contributed by atoms with Crippen molar-refractivity contribution in [2.75, 3.05) is 27.2 Å². The van der Waals surface area contributed by atoms with Crippen LogP contribution in [0.2, 0.25) is 0 Å². The number of unbranched alkanes of at least 4 members (excludes halogenated alkanes) is 3. The molecule has 0 aliphatic heterocycles. The van der Waals surface area contributed by atoms with Crippen LogP contribution in [0.5, 0.6) is 0 Å². The lowest BCUT2D eigenvalue weighted by molar-refractivity contribution is -0.890. The molecule has 0 aromatic carbocycles. The van der Waals surface area contributed by atoms with Crippen LogP contribution < -0.4 is 0 Å². The Balaban J connectivity index is 0. The first kappa shape index (κ1) is 19.4. The second-order valence-corrected chi connectivity index (χ2v) is 5.98. The molecule has 0 heterocycles. The number of hydrogen-bond donors (Lipinski definition) is 3. The van der Waals surface area contributed by atoms with Crippen LogP contribution in [0.15, 0.2) is 0 Å². The zero-order valence-electron chi connectivity index (χ0n) is 11.6. The summed E-state index contributed by atoms with van der Waals surface area (Å²) in [6.07, 6.45) is 6.84. The van der Waals surface area contributed by atoms with Gasteiger partial charge in [0.1, 0.15) is 0 Å². The molecule has 0 unspecified atom stereocenters. The average molecular weight is 270 g/mol. The minimum atomic E-state index is -4.64. The predicted octanol–water partition coefficient (Wildman–Crippen LogP) is 2.12. The fourth-order valence-electron chi connectivity index (χ4n) is 1.49. The summed E-state index contributed by atoms with van der Waals surface area (Å²) < 4.78 is 10.1. The largest absolute Gasteiger partial charge is 0.466 e. The zero-order chi connectivity index (χ0) is 13.9. The van der Waals surface area contributed by atoms with Gasteiger partial charge in [-0.1, -0.05) is 26.7 Å². The molecule has 6 heteroatoms. The summed E-state index contributed by atoms with van der Waals surface area (Å²) in [5, 5.41) is 0. The lowest BCUT2D eigenvalue weighted by Gasteiger charge is -2.29. The van der Waals surface area contributed by atoms with Gasteiger partial charge in [0.2, 0.25) is 0 Å². The summed E-state index contributed by atoms with van der Waals surface area (Å²) in [5.41, 5.74) is 0. The van der Waals surface area contributed by atoms with Crippen molar-refractivity contribution in [3.05, 3.63) is 0 Å². The molecule has 0 aliphatic rings. The van der Waals surface area contributed by atoms with Crippen LogP contribution in [0.3, 0.4) is 0 Å². The van der Waals surface area contributed by atoms with Gasteiger partial charge < -0.3 is 19.2 Å². The van der Waals surface area contributed by atoms with Crippen LogP contribution in [0, 0.1) is 0 Å². The molecule has 106 valence electrons. The van der Waals surface area contributed by atoms with Gasteiger partial charge in [-0.25, -0.2) is 4.57 Å². The summed E-state index contributed by atoms with van der Waals surface area (Å²) >= 11 is 0. The summed E-state index contributed by atoms with van der Waals surface area (Å²) in [6.45, 7) is 7.24. The molecule has 3 N–H and O–H groups in total. The van der Waals surface area contributed by atoms with E-state index in [0.717, 1.165) is 0 Å². The third-order valence-corrected chi connectivity index (χ3v) is 2.48. The Labute approximate surface area is 105 Å². The third kappa shape index (κ3) is 26.0. The predicted molar refractivity (Wildman–Crippen MR) is 70.5 cm³/mol. The molecule has 0 atom stereocenters. The van der Waals surface area contributed by atoms with Crippen LogP contribution in [0.25, 0.3) is 0 Å². The van der Waals surface area contributed by atoms with Gasteiger partial charge in [-0.05, 0) is 19.3 Å². The summed E-state index contributed by atoms with van der Waals surface area (Å²) in [6, 6.07) is 0. The molecule has 17 heavy (non-hydrogen) atoms. The summed E-state index contributed by atoms with van der Waals surface area (Å²) in [4.78, 5) is 21.6. The van der Waals surface area contributed by atoms with Gasteiger partial charge in [0.05, 0.1) is 27.2 Å². The Morgan fingerprint density at radius 1 is 0.882 bits per heavy atom. The van der Waals surface area contributed by atoms with E-state index < -0.39 is 7.82 Å². The lowest BCUT2D eigenvalue weighted by Crippen LogP contribution is -2.41. The average Bonchev–Trinajstić information content (AvgIpc) is 2.12. The molecular weight excluding hydrogens is 241 g/mol. The third-order valence-electron chi connectivity index (χ3n) is 2.48. The Kier molecular flexibility index (Phi) is 11.5. The van der Waals surface area contributed by atoms with Crippen molar-refractivity contribution < 1.29 is 23.7 Å². The van der Waals surface area contributed by atoms with E-state index in [1.165, 1.54) is 49.7 Å². The fourth-order valence-corrected chi connectivity index (χ4v) is 1.49. The quantitative estimate of drug-likeness (QED) is 0.376. The van der Waals surface area contributed by atoms with Gasteiger partial charge in [0, 0.05) is 0 Å². The number of hydrogen-bond acceptors (Lipinski definition) is 1. The molecule has 0 spiro atoms. The van der Waals surface area contributed by atoms with E-state index in [-0.39, 0.29) is 0 Å². The van der Waals surface area contributed by atoms with Gasteiger partial charge in [0.25, 0.3) is 0 Å². The normalized spacial score (nSPS) is 11.9. The highest BCUT2D eigenvalue weighted by molar-refractivity contribution is 7.45. The van der Waals surface area contributed by atoms with E-state index in [2.05, 4.69) is 27.9 Å². The minimum absolute atomic E-state index is 1.22. The van der Waals surface area contributed by atoms with Crippen LogP contribution in [-0.2, 0) is 4.57 Å². The van der Waals surface area contributed by atoms with Crippen LogP contribution in [0.1, 0.15) is 46.0 Å². The summed E-state index contributed by atoms with van der Waals surface area (Å²) in [5.74, 6) is 0. The van der Waals surface area contributed by atoms with Gasteiger partial charge in [-0.2, -0.15) is 0 Å². The minimum Gasteiger partial charge on any atom is -0.328 e. The smallest absolute Gasteiger partial charge is 0.328 e. The summed E-state index contributed by atoms with van der Waals surface area (Å²) in [7, 11) is 0.0661. The van der Waals surface area contributed by atoms with Crippen molar-refractivity contribution in [2.24, 2.45) is 0 Å². The van der Waals surface area contributed by atoms with Crippen molar-refractivity contribution >= 4 is 7.82 Å². The molecule has 0 saturated heterocycles. The molecule has 0 fully saturated rings. The Hall–Kier alpha value is 0.0700. The molecule has 0 saturated carbocycles. The number of phosphoric acid groups is 1. The van der Waals surface area contributed by atoms with Crippen molar-refractivity contribution in [3.63, 3.8) is 0 Å². The molecule has 0 aromatic heterocycles. The molecule has 0 bridgehead atoms. The Morgan fingerprint density at radius 3 is 1.59 bits per heavy atom. The first-order valence-corrected chi connectivity index (χ1v) is 7.79. The van der Waals surface area contributed by atoms with E-state index >= 15 is 0 Å². The topological polar surface area (TPSA) is 77.8 Å². The van der Waals surface area contributed by atoms with Crippen LogP contribution in [0.4, 0.5) is 0 Å². The van der Waals surface area contributed by atoms with Gasteiger partial charge in [0.15, 0.2) is 0 Å². The monoisotopic (exact) mass is 270 g/mol.